The van der Waals surface area contributed by atoms with Crippen LogP contribution in [0, 0.1) is 0 Å². The van der Waals surface area contributed by atoms with Crippen molar-refractivity contribution in [1.29, 1.82) is 0 Å². The van der Waals surface area contributed by atoms with Gasteiger partial charge in [-0.1, -0.05) is 69.4 Å². The van der Waals surface area contributed by atoms with Crippen LogP contribution in [0.5, 0.6) is 0 Å². The third-order valence-corrected chi connectivity index (χ3v) is 7.96. The van der Waals surface area contributed by atoms with Crippen LogP contribution in [0.15, 0.2) is 18.2 Å². The molecule has 0 bridgehead atoms. The summed E-state index contributed by atoms with van der Waals surface area (Å²) in [6.45, 7) is 21.8. The van der Waals surface area contributed by atoms with Crippen molar-refractivity contribution in [2.45, 2.75) is 78.4 Å². The summed E-state index contributed by atoms with van der Waals surface area (Å²) in [5.74, 6) is 0. The summed E-state index contributed by atoms with van der Waals surface area (Å²) in [5.41, 5.74) is 2.47. The van der Waals surface area contributed by atoms with Crippen molar-refractivity contribution in [1.82, 2.24) is 9.88 Å². The highest BCUT2D eigenvalue weighted by molar-refractivity contribution is 7.60. The summed E-state index contributed by atoms with van der Waals surface area (Å²) in [7, 11) is -0.135. The van der Waals surface area contributed by atoms with E-state index in [1.165, 1.54) is 11.4 Å². The lowest BCUT2D eigenvalue weighted by Gasteiger charge is -2.41. The first-order valence-electron chi connectivity index (χ1n) is 8.52. The van der Waals surface area contributed by atoms with Gasteiger partial charge >= 0.3 is 0 Å². The highest BCUT2D eigenvalue weighted by Crippen LogP contribution is 2.60. The predicted molar refractivity (Wildman–Crippen MR) is 101 cm³/mol. The van der Waals surface area contributed by atoms with Crippen molar-refractivity contribution in [3.63, 3.8) is 0 Å². The molecular weight excluding hydrogens is 287 g/mol. The molecule has 1 aromatic rings. The Hall–Kier alpha value is -0.460. The minimum Gasteiger partial charge on any atom is -0.298 e. The third-order valence-electron chi connectivity index (χ3n) is 4.08. The molecule has 0 aliphatic rings. The minimum atomic E-state index is -0.135. The van der Waals surface area contributed by atoms with Crippen molar-refractivity contribution in [3.05, 3.63) is 29.6 Å². The standard InChI is InChI=1S/C19H35N2P/c1-9-21(10-2)14-16-12-11-13-17(20-16)15-22(18(3,4)5)19(6,7)8/h11-13H,9-10,14-15H2,1-8H3. The molecule has 0 radical (unpaired) electrons. The largest absolute Gasteiger partial charge is 0.298 e. The van der Waals surface area contributed by atoms with Gasteiger partial charge in [0.05, 0.1) is 5.69 Å². The van der Waals surface area contributed by atoms with E-state index in [0.29, 0.717) is 10.3 Å². The zero-order chi connectivity index (χ0) is 17.0. The summed E-state index contributed by atoms with van der Waals surface area (Å²) in [5, 5.41) is 0.703. The van der Waals surface area contributed by atoms with Gasteiger partial charge in [-0.2, -0.15) is 0 Å². The highest BCUT2D eigenvalue weighted by atomic mass is 31.1. The monoisotopic (exact) mass is 322 g/mol. The summed E-state index contributed by atoms with van der Waals surface area (Å²) in [6.07, 6.45) is 1.12. The third kappa shape index (κ3) is 5.97. The molecule has 0 saturated heterocycles. The average Bonchev–Trinajstić information content (AvgIpc) is 2.40. The van der Waals surface area contributed by atoms with Crippen LogP contribution in [-0.4, -0.2) is 33.3 Å². The molecule has 1 aromatic heterocycles. The molecule has 0 aliphatic carbocycles. The SMILES string of the molecule is CCN(CC)Cc1cccc(CP(C(C)(C)C)C(C)(C)C)n1. The number of hydrogen-bond acceptors (Lipinski definition) is 2. The fraction of sp³-hybridized carbons (Fsp3) is 0.737. The van der Waals surface area contributed by atoms with E-state index in [2.05, 4.69) is 78.5 Å². The smallest absolute Gasteiger partial charge is 0.0547 e. The Morgan fingerprint density at radius 3 is 1.86 bits per heavy atom. The van der Waals surface area contributed by atoms with Gasteiger partial charge in [-0.3, -0.25) is 9.88 Å². The predicted octanol–water partition coefficient (Wildman–Crippen LogP) is 5.50. The van der Waals surface area contributed by atoms with Gasteiger partial charge < -0.3 is 0 Å². The molecule has 126 valence electrons. The second-order valence-corrected chi connectivity index (χ2v) is 11.9. The number of pyridine rings is 1. The van der Waals surface area contributed by atoms with E-state index >= 15 is 0 Å². The zero-order valence-corrected chi connectivity index (χ0v) is 16.8. The molecule has 0 N–H and O–H groups in total. The van der Waals surface area contributed by atoms with Crippen molar-refractivity contribution < 1.29 is 0 Å². The molecule has 0 unspecified atom stereocenters. The van der Waals surface area contributed by atoms with Gasteiger partial charge in [-0.25, -0.2) is 0 Å². The Morgan fingerprint density at radius 1 is 0.909 bits per heavy atom. The normalized spacial score (nSPS) is 13.2. The topological polar surface area (TPSA) is 16.1 Å². The molecule has 22 heavy (non-hydrogen) atoms. The van der Waals surface area contributed by atoms with Crippen molar-refractivity contribution >= 4 is 7.92 Å². The summed E-state index contributed by atoms with van der Waals surface area (Å²) >= 11 is 0. The lowest BCUT2D eigenvalue weighted by atomic mass is 10.2. The zero-order valence-electron chi connectivity index (χ0n) is 15.9. The Morgan fingerprint density at radius 2 is 1.41 bits per heavy atom. The fourth-order valence-corrected chi connectivity index (χ4v) is 6.49. The Bertz CT molecular complexity index is 439. The van der Waals surface area contributed by atoms with Crippen LogP contribution in [0.4, 0.5) is 0 Å². The molecule has 0 spiro atoms. The molecule has 0 amide bonds. The van der Waals surface area contributed by atoms with Crippen LogP contribution < -0.4 is 0 Å². The molecular formula is C19H35N2P. The van der Waals surface area contributed by atoms with E-state index in [-0.39, 0.29) is 7.92 Å². The van der Waals surface area contributed by atoms with E-state index in [1.54, 1.807) is 0 Å². The maximum absolute atomic E-state index is 4.95. The van der Waals surface area contributed by atoms with Crippen LogP contribution in [0.1, 0.15) is 66.8 Å². The van der Waals surface area contributed by atoms with Crippen LogP contribution in [0.25, 0.3) is 0 Å². The van der Waals surface area contributed by atoms with Crippen LogP contribution >= 0.6 is 7.92 Å². The Labute approximate surface area is 139 Å². The molecule has 3 heteroatoms. The van der Waals surface area contributed by atoms with Gasteiger partial charge in [0, 0.05) is 18.4 Å². The van der Waals surface area contributed by atoms with E-state index in [4.69, 9.17) is 4.98 Å². The number of aromatic nitrogens is 1. The van der Waals surface area contributed by atoms with E-state index in [9.17, 15) is 0 Å². The molecule has 0 atom stereocenters. The van der Waals surface area contributed by atoms with E-state index < -0.39 is 0 Å². The number of rotatable bonds is 6. The summed E-state index contributed by atoms with van der Waals surface area (Å²) in [6, 6.07) is 6.55. The average molecular weight is 322 g/mol. The number of hydrogen-bond donors (Lipinski definition) is 0. The van der Waals surface area contributed by atoms with Crippen molar-refractivity contribution in [3.8, 4) is 0 Å². The second-order valence-electron chi connectivity index (χ2n) is 8.01. The van der Waals surface area contributed by atoms with Gasteiger partial charge in [-0.15, -0.1) is 0 Å². The molecule has 1 rings (SSSR count). The molecule has 0 fully saturated rings. The van der Waals surface area contributed by atoms with Crippen molar-refractivity contribution in [2.24, 2.45) is 0 Å². The van der Waals surface area contributed by atoms with Gasteiger partial charge in [0.25, 0.3) is 0 Å². The van der Waals surface area contributed by atoms with E-state index in [1.807, 2.05) is 0 Å². The first kappa shape index (κ1) is 19.6. The second kappa shape index (κ2) is 7.88. The molecule has 0 saturated carbocycles. The Kier molecular flexibility index (Phi) is 7.02. The lowest BCUT2D eigenvalue weighted by molar-refractivity contribution is 0.292. The quantitative estimate of drug-likeness (QED) is 0.643. The van der Waals surface area contributed by atoms with Gasteiger partial charge in [-0.05, 0) is 35.5 Å². The minimum absolute atomic E-state index is 0.135. The van der Waals surface area contributed by atoms with Crippen LogP contribution in [-0.2, 0) is 12.7 Å². The summed E-state index contributed by atoms with van der Waals surface area (Å²) < 4.78 is 0. The van der Waals surface area contributed by atoms with Crippen LogP contribution in [0.3, 0.4) is 0 Å². The first-order chi connectivity index (χ1) is 10.1. The molecule has 2 nitrogen and oxygen atoms in total. The van der Waals surface area contributed by atoms with Gasteiger partial charge in [0.15, 0.2) is 0 Å². The fourth-order valence-electron chi connectivity index (χ4n) is 3.02. The lowest BCUT2D eigenvalue weighted by Crippen LogP contribution is -2.26. The highest BCUT2D eigenvalue weighted by Gasteiger charge is 2.34. The first-order valence-corrected chi connectivity index (χ1v) is 10.1. The molecule has 0 aromatic carbocycles. The number of nitrogens with zero attached hydrogens (tertiary/aromatic N) is 2. The molecule has 1 heterocycles. The Balaban J connectivity index is 2.93. The molecule has 0 aliphatic heterocycles. The maximum Gasteiger partial charge on any atom is 0.0547 e. The van der Waals surface area contributed by atoms with Crippen molar-refractivity contribution in [2.75, 3.05) is 13.1 Å². The maximum atomic E-state index is 4.95. The van der Waals surface area contributed by atoms with E-state index in [0.717, 1.165) is 25.8 Å². The van der Waals surface area contributed by atoms with Gasteiger partial charge in [0.1, 0.15) is 0 Å². The van der Waals surface area contributed by atoms with Crippen LogP contribution in [0.2, 0.25) is 0 Å². The van der Waals surface area contributed by atoms with Gasteiger partial charge in [0.2, 0.25) is 0 Å². The summed E-state index contributed by atoms with van der Waals surface area (Å²) in [4.78, 5) is 7.37.